The molecule has 0 aliphatic carbocycles. The lowest BCUT2D eigenvalue weighted by Gasteiger charge is -2.12. The van der Waals surface area contributed by atoms with E-state index < -0.39 is 0 Å². The summed E-state index contributed by atoms with van der Waals surface area (Å²) in [6, 6.07) is 0. The van der Waals surface area contributed by atoms with Gasteiger partial charge >= 0.3 is 0 Å². The molecule has 0 amide bonds. The van der Waals surface area contributed by atoms with Crippen LogP contribution < -0.4 is 5.73 Å². The Balaban J connectivity index is 2.82. The van der Waals surface area contributed by atoms with Gasteiger partial charge in [0.1, 0.15) is 5.82 Å². The number of hydrogen-bond acceptors (Lipinski definition) is 4. The summed E-state index contributed by atoms with van der Waals surface area (Å²) in [6.07, 6.45) is 1.77. The molecular weight excluding hydrogens is 200 g/mol. The Morgan fingerprint density at radius 1 is 1.06 bits per heavy atom. The normalized spacial score (nSPS) is 11.1. The minimum Gasteiger partial charge on any atom is -0.330 e. The summed E-state index contributed by atoms with van der Waals surface area (Å²) in [5.74, 6) is 0.935. The number of aromatic nitrogens is 2. The van der Waals surface area contributed by atoms with Crippen LogP contribution in [0.15, 0.2) is 0 Å². The van der Waals surface area contributed by atoms with Gasteiger partial charge < -0.3 is 10.6 Å². The zero-order valence-corrected chi connectivity index (χ0v) is 10.7. The third-order valence-electron chi connectivity index (χ3n) is 2.64. The molecule has 90 valence electrons. The SMILES string of the molecule is Cc1nc(CCN(C)C)nc(C)c1CCN. The van der Waals surface area contributed by atoms with Gasteiger partial charge in [0.2, 0.25) is 0 Å². The molecule has 0 aliphatic rings. The molecule has 0 saturated heterocycles. The molecule has 0 atom stereocenters. The van der Waals surface area contributed by atoms with Crippen LogP contribution in [0.4, 0.5) is 0 Å². The number of rotatable bonds is 5. The van der Waals surface area contributed by atoms with Gasteiger partial charge in [-0.05, 0) is 46.5 Å². The maximum Gasteiger partial charge on any atom is 0.130 e. The summed E-state index contributed by atoms with van der Waals surface area (Å²) in [6.45, 7) is 5.72. The Kier molecular flexibility index (Phi) is 4.83. The van der Waals surface area contributed by atoms with Gasteiger partial charge in [-0.2, -0.15) is 0 Å². The maximum atomic E-state index is 5.57. The molecule has 1 aromatic heterocycles. The molecule has 0 radical (unpaired) electrons. The first-order valence-electron chi connectivity index (χ1n) is 5.72. The Labute approximate surface area is 97.9 Å². The standard InChI is InChI=1S/C12H22N4/c1-9-11(5-7-13)10(2)15-12(14-9)6-8-16(3)4/h5-8,13H2,1-4H3. The summed E-state index contributed by atoms with van der Waals surface area (Å²) in [5.41, 5.74) is 8.93. The van der Waals surface area contributed by atoms with Crippen LogP contribution in [0.1, 0.15) is 22.8 Å². The second-order valence-electron chi connectivity index (χ2n) is 4.38. The van der Waals surface area contributed by atoms with Gasteiger partial charge in [0.15, 0.2) is 0 Å². The van der Waals surface area contributed by atoms with Gasteiger partial charge in [0.05, 0.1) is 0 Å². The first-order valence-corrected chi connectivity index (χ1v) is 5.72. The molecule has 0 aromatic carbocycles. The first kappa shape index (κ1) is 13.1. The number of hydrogen-bond donors (Lipinski definition) is 1. The second kappa shape index (κ2) is 5.92. The monoisotopic (exact) mass is 222 g/mol. The van der Waals surface area contributed by atoms with E-state index in [1.165, 1.54) is 5.56 Å². The van der Waals surface area contributed by atoms with Crippen LogP contribution in [-0.2, 0) is 12.8 Å². The van der Waals surface area contributed by atoms with Crippen molar-refractivity contribution in [3.05, 3.63) is 22.8 Å². The molecule has 0 spiro atoms. The highest BCUT2D eigenvalue weighted by Crippen LogP contribution is 2.10. The highest BCUT2D eigenvalue weighted by Gasteiger charge is 2.07. The lowest BCUT2D eigenvalue weighted by atomic mass is 10.1. The molecule has 0 bridgehead atoms. The van der Waals surface area contributed by atoms with Gasteiger partial charge in [-0.1, -0.05) is 0 Å². The van der Waals surface area contributed by atoms with Crippen molar-refractivity contribution in [1.29, 1.82) is 0 Å². The third-order valence-corrected chi connectivity index (χ3v) is 2.64. The van der Waals surface area contributed by atoms with E-state index in [4.69, 9.17) is 5.73 Å². The molecule has 4 nitrogen and oxygen atoms in total. The summed E-state index contributed by atoms with van der Waals surface area (Å²) in [5, 5.41) is 0. The molecule has 0 saturated carbocycles. The molecule has 0 fully saturated rings. The lowest BCUT2D eigenvalue weighted by Crippen LogP contribution is -2.17. The number of nitrogens with two attached hydrogens (primary N) is 1. The lowest BCUT2D eigenvalue weighted by molar-refractivity contribution is 0.409. The summed E-state index contributed by atoms with van der Waals surface area (Å²) >= 11 is 0. The summed E-state index contributed by atoms with van der Waals surface area (Å²) in [7, 11) is 4.12. The van der Waals surface area contributed by atoms with E-state index in [1.807, 2.05) is 13.8 Å². The van der Waals surface area contributed by atoms with E-state index >= 15 is 0 Å². The number of aryl methyl sites for hydroxylation is 2. The van der Waals surface area contributed by atoms with Crippen molar-refractivity contribution >= 4 is 0 Å². The molecular formula is C12H22N4. The average Bonchev–Trinajstić information content (AvgIpc) is 2.20. The Bertz CT molecular complexity index is 324. The highest BCUT2D eigenvalue weighted by molar-refractivity contribution is 5.24. The van der Waals surface area contributed by atoms with Crippen molar-refractivity contribution in [2.75, 3.05) is 27.2 Å². The van der Waals surface area contributed by atoms with E-state index in [2.05, 4.69) is 29.0 Å². The molecule has 4 heteroatoms. The fraction of sp³-hybridized carbons (Fsp3) is 0.667. The Hall–Kier alpha value is -1.00. The Morgan fingerprint density at radius 2 is 1.62 bits per heavy atom. The van der Waals surface area contributed by atoms with Crippen LogP contribution in [0.2, 0.25) is 0 Å². The van der Waals surface area contributed by atoms with Gasteiger partial charge in [-0.25, -0.2) is 9.97 Å². The topological polar surface area (TPSA) is 55.0 Å². The van der Waals surface area contributed by atoms with E-state index in [0.29, 0.717) is 6.54 Å². The van der Waals surface area contributed by atoms with Crippen molar-refractivity contribution in [2.45, 2.75) is 26.7 Å². The van der Waals surface area contributed by atoms with Gasteiger partial charge in [0.25, 0.3) is 0 Å². The Morgan fingerprint density at radius 3 is 2.06 bits per heavy atom. The predicted octanol–water partition coefficient (Wildman–Crippen LogP) is 0.699. The first-order chi connectivity index (χ1) is 7.54. The minimum absolute atomic E-state index is 0.655. The maximum absolute atomic E-state index is 5.57. The second-order valence-corrected chi connectivity index (χ2v) is 4.38. The van der Waals surface area contributed by atoms with Crippen molar-refractivity contribution in [3.8, 4) is 0 Å². The third kappa shape index (κ3) is 3.54. The summed E-state index contributed by atoms with van der Waals surface area (Å²) < 4.78 is 0. The van der Waals surface area contributed by atoms with E-state index in [1.54, 1.807) is 0 Å². The fourth-order valence-corrected chi connectivity index (χ4v) is 1.75. The van der Waals surface area contributed by atoms with Gasteiger partial charge in [-0.3, -0.25) is 0 Å². The largest absolute Gasteiger partial charge is 0.330 e. The van der Waals surface area contributed by atoms with Crippen LogP contribution in [0.5, 0.6) is 0 Å². The van der Waals surface area contributed by atoms with Crippen LogP contribution in [0, 0.1) is 13.8 Å². The molecule has 16 heavy (non-hydrogen) atoms. The van der Waals surface area contributed by atoms with E-state index in [-0.39, 0.29) is 0 Å². The molecule has 0 unspecified atom stereocenters. The zero-order chi connectivity index (χ0) is 12.1. The quantitative estimate of drug-likeness (QED) is 0.797. The number of nitrogens with zero attached hydrogens (tertiary/aromatic N) is 3. The zero-order valence-electron chi connectivity index (χ0n) is 10.7. The van der Waals surface area contributed by atoms with Crippen LogP contribution in [0.3, 0.4) is 0 Å². The molecule has 1 heterocycles. The van der Waals surface area contributed by atoms with Gasteiger partial charge in [0, 0.05) is 24.4 Å². The van der Waals surface area contributed by atoms with Crippen molar-refractivity contribution in [3.63, 3.8) is 0 Å². The van der Waals surface area contributed by atoms with Crippen molar-refractivity contribution in [1.82, 2.24) is 14.9 Å². The highest BCUT2D eigenvalue weighted by atomic mass is 15.1. The smallest absolute Gasteiger partial charge is 0.130 e. The molecule has 2 N–H and O–H groups in total. The predicted molar refractivity (Wildman–Crippen MR) is 66.5 cm³/mol. The molecule has 1 rings (SSSR count). The van der Waals surface area contributed by atoms with Crippen molar-refractivity contribution < 1.29 is 0 Å². The average molecular weight is 222 g/mol. The minimum atomic E-state index is 0.655. The van der Waals surface area contributed by atoms with Gasteiger partial charge in [-0.15, -0.1) is 0 Å². The summed E-state index contributed by atoms with van der Waals surface area (Å²) in [4.78, 5) is 11.2. The number of likely N-dealkylation sites (N-methyl/N-ethyl adjacent to an activating group) is 1. The molecule has 1 aromatic rings. The fourth-order valence-electron chi connectivity index (χ4n) is 1.75. The van der Waals surface area contributed by atoms with E-state index in [0.717, 1.165) is 36.6 Å². The van der Waals surface area contributed by atoms with Crippen LogP contribution in [-0.4, -0.2) is 42.1 Å². The van der Waals surface area contributed by atoms with E-state index in [9.17, 15) is 0 Å². The van der Waals surface area contributed by atoms with Crippen molar-refractivity contribution in [2.24, 2.45) is 5.73 Å². The molecule has 0 aliphatic heterocycles. The van der Waals surface area contributed by atoms with Crippen LogP contribution in [0.25, 0.3) is 0 Å². The van der Waals surface area contributed by atoms with Crippen LogP contribution >= 0.6 is 0 Å².